The van der Waals surface area contributed by atoms with Crippen LogP contribution >= 0.6 is 0 Å². The molecule has 0 saturated carbocycles. The highest BCUT2D eigenvalue weighted by molar-refractivity contribution is 5.91. The summed E-state index contributed by atoms with van der Waals surface area (Å²) in [5, 5.41) is -1.15. The Hall–Kier alpha value is -3.66. The topological polar surface area (TPSA) is 145 Å². The van der Waals surface area contributed by atoms with Crippen molar-refractivity contribution in [3.8, 4) is 11.1 Å². The molecule has 0 aromatic heterocycles. The summed E-state index contributed by atoms with van der Waals surface area (Å²) in [6, 6.07) is -3.60. The molecule has 4 amide bonds. The largest absolute Gasteiger partial charge is 0.350 e. The number of nitrogens with zero attached hydrogens (tertiary/aromatic N) is 2. The smallest absolute Gasteiger partial charge is 0.333 e. The van der Waals surface area contributed by atoms with Crippen molar-refractivity contribution in [2.24, 2.45) is 23.2 Å². The molecule has 0 heterocycles. The van der Waals surface area contributed by atoms with Crippen LogP contribution in [0.2, 0.25) is 0 Å². The van der Waals surface area contributed by atoms with Crippen molar-refractivity contribution in [1.82, 2.24) is 0 Å². The van der Waals surface area contributed by atoms with Crippen molar-refractivity contribution in [3.05, 3.63) is 46.5 Å². The van der Waals surface area contributed by atoms with Gasteiger partial charge in [-0.05, 0) is 0 Å². The van der Waals surface area contributed by atoms with Gasteiger partial charge in [-0.2, -0.15) is 0 Å². The maximum absolute atomic E-state index is 14.3. The molecule has 0 atom stereocenters. The van der Waals surface area contributed by atoms with Crippen LogP contribution in [0, 0.1) is 46.5 Å². The predicted octanol–water partition coefficient (Wildman–Crippen LogP) is 1.98. The maximum atomic E-state index is 14.3. The summed E-state index contributed by atoms with van der Waals surface area (Å²) in [6.07, 6.45) is 0. The third-order valence-electron chi connectivity index (χ3n) is 3.69. The molecule has 16 heteroatoms. The molecule has 2 rings (SSSR count). The van der Waals surface area contributed by atoms with Crippen LogP contribution in [0.4, 0.5) is 56.1 Å². The molecule has 8 nitrogen and oxygen atoms in total. The number of rotatable bonds is 3. The van der Waals surface area contributed by atoms with Crippen LogP contribution in [0.5, 0.6) is 0 Å². The van der Waals surface area contributed by atoms with Gasteiger partial charge in [-0.15, -0.1) is 0 Å². The van der Waals surface area contributed by atoms with E-state index in [1.807, 2.05) is 0 Å². The summed E-state index contributed by atoms with van der Waals surface area (Å²) in [5.41, 5.74) is 0.959. The third kappa shape index (κ3) is 3.20. The van der Waals surface area contributed by atoms with Gasteiger partial charge in [0, 0.05) is 0 Å². The van der Waals surface area contributed by atoms with Gasteiger partial charge in [0.05, 0.1) is 11.1 Å². The van der Waals surface area contributed by atoms with E-state index in [4.69, 9.17) is 11.7 Å². The minimum Gasteiger partial charge on any atom is -0.350 e. The minimum absolute atomic E-state index is 0.573. The number of urea groups is 2. The number of hydrogen-bond donors (Lipinski definition) is 4. The number of carbonyl (C=O) groups excluding carboxylic acids is 2. The van der Waals surface area contributed by atoms with Crippen molar-refractivity contribution in [2.45, 2.75) is 0 Å². The Morgan fingerprint density at radius 3 is 0.867 bits per heavy atom. The highest BCUT2D eigenvalue weighted by Gasteiger charge is 2.37. The van der Waals surface area contributed by atoms with Crippen LogP contribution in [0.25, 0.3) is 11.1 Å². The number of nitrogens with two attached hydrogens (primary N) is 4. The number of carbonyl (C=O) groups is 2. The van der Waals surface area contributed by atoms with Gasteiger partial charge in [0.15, 0.2) is 46.5 Å². The zero-order valence-electron chi connectivity index (χ0n) is 14.0. The van der Waals surface area contributed by atoms with E-state index in [0.717, 1.165) is 0 Å². The van der Waals surface area contributed by atoms with Gasteiger partial charge in [0.2, 0.25) is 0 Å². The number of anilines is 2. The van der Waals surface area contributed by atoms with E-state index in [1.165, 1.54) is 0 Å². The Kier molecular flexibility index (Phi) is 5.76. The molecule has 0 fully saturated rings. The monoisotopic (exact) mass is 444 g/mol. The van der Waals surface area contributed by atoms with Crippen LogP contribution in [-0.4, -0.2) is 12.1 Å². The molecule has 0 saturated heterocycles. The molecule has 2 aromatic carbocycles. The van der Waals surface area contributed by atoms with Crippen molar-refractivity contribution in [2.75, 3.05) is 10.0 Å². The second-order valence-corrected chi connectivity index (χ2v) is 5.38. The summed E-state index contributed by atoms with van der Waals surface area (Å²) < 4.78 is 114. The van der Waals surface area contributed by atoms with Gasteiger partial charge in [-0.3, -0.25) is 0 Å². The summed E-state index contributed by atoms with van der Waals surface area (Å²) in [5.74, 6) is -10.6. The van der Waals surface area contributed by atoms with E-state index in [-0.39, 0.29) is 0 Å². The number of primary amides is 2. The SMILES string of the molecule is NC(=O)N(N)c1c(F)c(F)c(-c2c(F)c(F)c(N(N)C(N)=O)c(F)c2F)c(F)c1F. The van der Waals surface area contributed by atoms with E-state index < -0.39 is 91.1 Å². The minimum atomic E-state index is -2.59. The van der Waals surface area contributed by atoms with E-state index in [2.05, 4.69) is 11.5 Å². The highest BCUT2D eigenvalue weighted by Crippen LogP contribution is 2.41. The van der Waals surface area contributed by atoms with Crippen molar-refractivity contribution in [3.63, 3.8) is 0 Å². The molecule has 0 aliphatic heterocycles. The van der Waals surface area contributed by atoms with Crippen molar-refractivity contribution in [1.29, 1.82) is 0 Å². The first-order chi connectivity index (χ1) is 13.7. The van der Waals surface area contributed by atoms with Gasteiger partial charge >= 0.3 is 12.1 Å². The standard InChI is InChI=1S/C14H8F8N6O2/c15-3-1(4(16)8(20)11(7(3)19)27(25)13(23)29)2-5(17)9(21)12(10(22)6(2)18)28(26)14(24)30/h25-26H2,(H2,23,29)(H2,24,30). The fourth-order valence-electron chi connectivity index (χ4n) is 2.32. The number of hydrogen-bond acceptors (Lipinski definition) is 4. The fourth-order valence-corrected chi connectivity index (χ4v) is 2.32. The average molecular weight is 444 g/mol. The van der Waals surface area contributed by atoms with Crippen LogP contribution in [0.3, 0.4) is 0 Å². The Morgan fingerprint density at radius 2 is 0.700 bits per heavy atom. The molecule has 0 spiro atoms. The van der Waals surface area contributed by atoms with Crippen LogP contribution in [0.1, 0.15) is 0 Å². The van der Waals surface area contributed by atoms with Gasteiger partial charge in [0.25, 0.3) is 0 Å². The number of amides is 4. The van der Waals surface area contributed by atoms with Gasteiger partial charge in [0.1, 0.15) is 11.4 Å². The maximum Gasteiger partial charge on any atom is 0.333 e. The first-order valence-corrected chi connectivity index (χ1v) is 7.16. The number of halogens is 8. The zero-order valence-corrected chi connectivity index (χ0v) is 14.0. The second-order valence-electron chi connectivity index (χ2n) is 5.38. The Morgan fingerprint density at radius 1 is 0.500 bits per heavy atom. The third-order valence-corrected chi connectivity index (χ3v) is 3.69. The molecule has 2 aromatic rings. The van der Waals surface area contributed by atoms with Gasteiger partial charge in [-0.25, -0.2) is 66.4 Å². The lowest BCUT2D eigenvalue weighted by molar-refractivity contribution is 0.252. The Bertz CT molecular complexity index is 952. The van der Waals surface area contributed by atoms with E-state index in [0.29, 0.717) is 0 Å². The molecule has 0 radical (unpaired) electrons. The zero-order chi connectivity index (χ0) is 23.2. The molecule has 0 aliphatic carbocycles. The number of hydrazine groups is 2. The predicted molar refractivity (Wildman–Crippen MR) is 84.0 cm³/mol. The number of benzene rings is 2. The first kappa shape index (κ1) is 22.6. The highest BCUT2D eigenvalue weighted by atomic mass is 19.2. The molecular formula is C14H8F8N6O2. The molecule has 0 bridgehead atoms. The van der Waals surface area contributed by atoms with E-state index >= 15 is 0 Å². The van der Waals surface area contributed by atoms with Crippen LogP contribution in [0.15, 0.2) is 0 Å². The first-order valence-electron chi connectivity index (χ1n) is 7.16. The summed E-state index contributed by atoms with van der Waals surface area (Å²) in [4.78, 5) is 21.8. The van der Waals surface area contributed by atoms with Crippen LogP contribution in [-0.2, 0) is 0 Å². The molecule has 0 unspecified atom stereocenters. The average Bonchev–Trinajstić information content (AvgIpc) is 2.67. The quantitative estimate of drug-likeness (QED) is 0.189. The molecular weight excluding hydrogens is 436 g/mol. The van der Waals surface area contributed by atoms with Gasteiger partial charge < -0.3 is 11.5 Å². The van der Waals surface area contributed by atoms with Crippen LogP contribution < -0.4 is 33.2 Å². The summed E-state index contributed by atoms with van der Waals surface area (Å²) in [7, 11) is 0. The van der Waals surface area contributed by atoms with Crippen molar-refractivity contribution < 1.29 is 44.7 Å². The normalized spacial score (nSPS) is 10.9. The summed E-state index contributed by atoms with van der Waals surface area (Å²) in [6.45, 7) is 0. The lowest BCUT2D eigenvalue weighted by Crippen LogP contribution is -2.43. The van der Waals surface area contributed by atoms with Crippen molar-refractivity contribution >= 4 is 23.4 Å². The molecule has 162 valence electrons. The Labute approximate surface area is 160 Å². The van der Waals surface area contributed by atoms with Gasteiger partial charge in [-0.1, -0.05) is 0 Å². The van der Waals surface area contributed by atoms with E-state index in [9.17, 15) is 44.7 Å². The fraction of sp³-hybridized carbons (Fsp3) is 0. The summed E-state index contributed by atoms with van der Waals surface area (Å²) >= 11 is 0. The molecule has 0 aliphatic rings. The molecule has 30 heavy (non-hydrogen) atoms. The Balaban J connectivity index is 2.97. The second kappa shape index (κ2) is 7.64. The van der Waals surface area contributed by atoms with E-state index in [1.54, 1.807) is 0 Å². The lowest BCUT2D eigenvalue weighted by Gasteiger charge is -2.20. The lowest BCUT2D eigenvalue weighted by atomic mass is 10.00. The molecule has 8 N–H and O–H groups in total.